The molecule has 0 aromatic heterocycles. The molecule has 4 nitrogen and oxygen atoms in total. The number of carbonyl (C=O) groups excluding carboxylic acids is 1. The van der Waals surface area contributed by atoms with Gasteiger partial charge in [0, 0.05) is 0 Å². The van der Waals surface area contributed by atoms with Gasteiger partial charge in [-0.3, -0.25) is 4.79 Å². The number of benzene rings is 2. The van der Waals surface area contributed by atoms with E-state index >= 15 is 0 Å². The topological polar surface area (TPSA) is 64.3 Å². The van der Waals surface area contributed by atoms with Crippen LogP contribution in [0.1, 0.15) is 11.1 Å². The van der Waals surface area contributed by atoms with Crippen LogP contribution in [0.3, 0.4) is 0 Å². The van der Waals surface area contributed by atoms with Gasteiger partial charge in [-0.1, -0.05) is 36.4 Å². The number of hydrogen-bond donors (Lipinski definition) is 2. The molecule has 0 bridgehead atoms. The SMILES string of the molecule is NCCc1ccc(NC=O)c(OCc2ccccc2)c1. The zero-order valence-corrected chi connectivity index (χ0v) is 11.2. The Bertz CT molecular complexity index is 556. The summed E-state index contributed by atoms with van der Waals surface area (Å²) in [6, 6.07) is 15.6. The van der Waals surface area contributed by atoms with Crippen molar-refractivity contribution in [3.05, 3.63) is 59.7 Å². The summed E-state index contributed by atoms with van der Waals surface area (Å²) in [6.07, 6.45) is 1.43. The van der Waals surface area contributed by atoms with Crippen molar-refractivity contribution in [2.24, 2.45) is 5.73 Å². The number of nitrogens with one attached hydrogen (secondary N) is 1. The Kier molecular flexibility index (Phi) is 5.15. The normalized spacial score (nSPS) is 10.1. The van der Waals surface area contributed by atoms with E-state index in [9.17, 15) is 4.79 Å². The molecule has 0 saturated carbocycles. The number of amides is 1. The highest BCUT2D eigenvalue weighted by Crippen LogP contribution is 2.26. The molecular weight excluding hydrogens is 252 g/mol. The lowest BCUT2D eigenvalue weighted by Crippen LogP contribution is -2.05. The van der Waals surface area contributed by atoms with Crippen molar-refractivity contribution in [3.63, 3.8) is 0 Å². The Morgan fingerprint density at radius 2 is 1.90 bits per heavy atom. The average Bonchev–Trinajstić information content (AvgIpc) is 2.49. The van der Waals surface area contributed by atoms with Crippen LogP contribution in [0.25, 0.3) is 0 Å². The van der Waals surface area contributed by atoms with Crippen LogP contribution in [0.2, 0.25) is 0 Å². The second-order valence-corrected chi connectivity index (χ2v) is 4.41. The maximum atomic E-state index is 10.6. The van der Waals surface area contributed by atoms with Gasteiger partial charge in [-0.25, -0.2) is 0 Å². The highest BCUT2D eigenvalue weighted by atomic mass is 16.5. The molecule has 2 aromatic rings. The number of carbonyl (C=O) groups is 1. The van der Waals surface area contributed by atoms with Crippen LogP contribution in [0.4, 0.5) is 5.69 Å². The molecule has 3 N–H and O–H groups in total. The molecule has 0 unspecified atom stereocenters. The number of nitrogens with two attached hydrogens (primary N) is 1. The van der Waals surface area contributed by atoms with Crippen LogP contribution in [-0.2, 0) is 17.8 Å². The number of rotatable bonds is 7. The lowest BCUT2D eigenvalue weighted by Gasteiger charge is -2.12. The Morgan fingerprint density at radius 1 is 1.10 bits per heavy atom. The first kappa shape index (κ1) is 14.1. The minimum absolute atomic E-state index is 0.459. The molecule has 0 aliphatic rings. The molecule has 0 aliphatic carbocycles. The van der Waals surface area contributed by atoms with E-state index in [0.717, 1.165) is 17.5 Å². The zero-order valence-electron chi connectivity index (χ0n) is 11.2. The minimum Gasteiger partial charge on any atom is -0.487 e. The van der Waals surface area contributed by atoms with E-state index in [2.05, 4.69) is 5.32 Å². The number of hydrogen-bond acceptors (Lipinski definition) is 3. The van der Waals surface area contributed by atoms with Crippen molar-refractivity contribution in [2.45, 2.75) is 13.0 Å². The van der Waals surface area contributed by atoms with E-state index in [0.29, 0.717) is 31.0 Å². The van der Waals surface area contributed by atoms with Gasteiger partial charge in [-0.15, -0.1) is 0 Å². The van der Waals surface area contributed by atoms with Crippen LogP contribution in [0, 0.1) is 0 Å². The summed E-state index contributed by atoms with van der Waals surface area (Å²) in [5, 5.41) is 2.64. The van der Waals surface area contributed by atoms with Gasteiger partial charge < -0.3 is 15.8 Å². The molecule has 0 atom stereocenters. The smallest absolute Gasteiger partial charge is 0.211 e. The number of ether oxygens (including phenoxy) is 1. The first-order valence-corrected chi connectivity index (χ1v) is 6.53. The molecule has 20 heavy (non-hydrogen) atoms. The largest absolute Gasteiger partial charge is 0.487 e. The highest BCUT2D eigenvalue weighted by molar-refractivity contribution is 5.75. The summed E-state index contributed by atoms with van der Waals surface area (Å²) in [6.45, 7) is 1.04. The van der Waals surface area contributed by atoms with E-state index in [1.165, 1.54) is 0 Å². The van der Waals surface area contributed by atoms with Gasteiger partial charge in [0.2, 0.25) is 6.41 Å². The predicted molar refractivity (Wildman–Crippen MR) is 79.7 cm³/mol. The Morgan fingerprint density at radius 3 is 2.60 bits per heavy atom. The van der Waals surface area contributed by atoms with Crippen molar-refractivity contribution >= 4 is 12.1 Å². The second-order valence-electron chi connectivity index (χ2n) is 4.41. The number of anilines is 1. The molecular formula is C16H18N2O2. The molecule has 104 valence electrons. The fraction of sp³-hybridized carbons (Fsp3) is 0.188. The molecule has 0 radical (unpaired) electrons. The van der Waals surface area contributed by atoms with E-state index in [1.54, 1.807) is 0 Å². The van der Waals surface area contributed by atoms with E-state index in [4.69, 9.17) is 10.5 Å². The van der Waals surface area contributed by atoms with Crippen molar-refractivity contribution in [2.75, 3.05) is 11.9 Å². The lowest BCUT2D eigenvalue weighted by atomic mass is 10.1. The fourth-order valence-corrected chi connectivity index (χ4v) is 1.93. The summed E-state index contributed by atoms with van der Waals surface area (Å²) in [4.78, 5) is 10.6. The second kappa shape index (κ2) is 7.31. The molecule has 0 heterocycles. The van der Waals surface area contributed by atoms with Gasteiger partial charge in [0.15, 0.2) is 0 Å². The first-order chi connectivity index (χ1) is 9.83. The summed E-state index contributed by atoms with van der Waals surface area (Å²) in [5.41, 5.74) is 8.39. The third-order valence-electron chi connectivity index (χ3n) is 2.93. The molecule has 2 rings (SSSR count). The van der Waals surface area contributed by atoms with E-state index < -0.39 is 0 Å². The molecule has 0 spiro atoms. The van der Waals surface area contributed by atoms with Crippen LogP contribution in [-0.4, -0.2) is 13.0 Å². The van der Waals surface area contributed by atoms with Crippen molar-refractivity contribution in [1.82, 2.24) is 0 Å². The van der Waals surface area contributed by atoms with Crippen molar-refractivity contribution in [1.29, 1.82) is 0 Å². The third-order valence-corrected chi connectivity index (χ3v) is 2.93. The predicted octanol–water partition coefficient (Wildman–Crippen LogP) is 2.34. The summed E-state index contributed by atoms with van der Waals surface area (Å²) in [5.74, 6) is 0.659. The van der Waals surface area contributed by atoms with Crippen LogP contribution < -0.4 is 15.8 Å². The van der Waals surface area contributed by atoms with Gasteiger partial charge in [0.1, 0.15) is 12.4 Å². The van der Waals surface area contributed by atoms with Gasteiger partial charge in [-0.05, 0) is 36.2 Å². The maximum Gasteiger partial charge on any atom is 0.211 e. The Hall–Kier alpha value is -2.33. The molecule has 0 saturated heterocycles. The standard InChI is InChI=1S/C16H18N2O2/c17-9-8-13-6-7-15(18-12-19)16(10-13)20-11-14-4-2-1-3-5-14/h1-7,10,12H,8-9,11,17H2,(H,18,19). The summed E-state index contributed by atoms with van der Waals surface area (Å²) < 4.78 is 5.80. The van der Waals surface area contributed by atoms with Gasteiger partial charge >= 0.3 is 0 Å². The minimum atomic E-state index is 0.459. The maximum absolute atomic E-state index is 10.6. The lowest BCUT2D eigenvalue weighted by molar-refractivity contribution is -0.105. The summed E-state index contributed by atoms with van der Waals surface area (Å²) in [7, 11) is 0. The molecule has 1 amide bonds. The quantitative estimate of drug-likeness (QED) is 0.759. The van der Waals surface area contributed by atoms with E-state index in [1.807, 2.05) is 48.5 Å². The van der Waals surface area contributed by atoms with Crippen LogP contribution in [0.5, 0.6) is 5.75 Å². The van der Waals surface area contributed by atoms with E-state index in [-0.39, 0.29) is 0 Å². The van der Waals surface area contributed by atoms with Crippen molar-refractivity contribution < 1.29 is 9.53 Å². The van der Waals surface area contributed by atoms with Crippen LogP contribution >= 0.6 is 0 Å². The molecule has 4 heteroatoms. The van der Waals surface area contributed by atoms with Gasteiger partial charge in [-0.2, -0.15) is 0 Å². The average molecular weight is 270 g/mol. The molecule has 2 aromatic carbocycles. The van der Waals surface area contributed by atoms with Gasteiger partial charge in [0.05, 0.1) is 5.69 Å². The first-order valence-electron chi connectivity index (χ1n) is 6.53. The molecule has 0 aliphatic heterocycles. The van der Waals surface area contributed by atoms with Gasteiger partial charge in [0.25, 0.3) is 0 Å². The molecule has 0 fully saturated rings. The highest BCUT2D eigenvalue weighted by Gasteiger charge is 2.05. The van der Waals surface area contributed by atoms with Crippen LogP contribution in [0.15, 0.2) is 48.5 Å². The Labute approximate surface area is 118 Å². The third kappa shape index (κ3) is 3.83. The fourth-order valence-electron chi connectivity index (χ4n) is 1.93. The Balaban J connectivity index is 2.14. The van der Waals surface area contributed by atoms with Crippen molar-refractivity contribution in [3.8, 4) is 5.75 Å². The monoisotopic (exact) mass is 270 g/mol. The summed E-state index contributed by atoms with van der Waals surface area (Å²) >= 11 is 0. The zero-order chi connectivity index (χ0) is 14.2.